The van der Waals surface area contributed by atoms with Crippen LogP contribution in [0.4, 0.5) is 0 Å². The van der Waals surface area contributed by atoms with E-state index in [9.17, 15) is 18.0 Å². The lowest BCUT2D eigenvalue weighted by Gasteiger charge is -2.23. The Hall–Kier alpha value is -0.600. The molecule has 6 nitrogen and oxygen atoms in total. The van der Waals surface area contributed by atoms with Crippen molar-refractivity contribution in [3.8, 4) is 0 Å². The molecular weight excluding hydrogens is 292 g/mol. The van der Waals surface area contributed by atoms with Gasteiger partial charge in [-0.1, -0.05) is 11.8 Å². The fraction of sp³-hybridized carbons (Fsp3) is 0.818. The topological polar surface area (TPSA) is 97.7 Å². The lowest BCUT2D eigenvalue weighted by atomic mass is 9.98. The zero-order valence-electron chi connectivity index (χ0n) is 10.4. The Kier molecular flexibility index (Phi) is 4.22. The number of carbonyl (C=O) groups excluding carboxylic acids is 2. The van der Waals surface area contributed by atoms with E-state index in [-0.39, 0.29) is 17.9 Å². The van der Waals surface area contributed by atoms with E-state index in [0.717, 1.165) is 32.6 Å². The van der Waals surface area contributed by atoms with Crippen molar-refractivity contribution in [1.29, 1.82) is 0 Å². The Morgan fingerprint density at radius 1 is 1.32 bits per heavy atom. The normalized spacial score (nSPS) is 31.2. The van der Waals surface area contributed by atoms with Gasteiger partial charge in [-0.05, 0) is 37.5 Å². The van der Waals surface area contributed by atoms with Gasteiger partial charge in [0.2, 0.25) is 4.58 Å². The quantitative estimate of drug-likeness (QED) is 0.615. The maximum absolute atomic E-state index is 11.8. The van der Waals surface area contributed by atoms with Crippen LogP contribution in [0.5, 0.6) is 0 Å². The van der Waals surface area contributed by atoms with Gasteiger partial charge in [-0.3, -0.25) is 9.35 Å². The molecule has 1 N–H and O–H groups in total. The molecule has 2 aliphatic rings. The fourth-order valence-corrected chi connectivity index (χ4v) is 4.56. The number of thioether (sulfide) groups is 1. The molecule has 19 heavy (non-hydrogen) atoms. The van der Waals surface area contributed by atoms with Gasteiger partial charge in [0.1, 0.15) is 6.10 Å². The molecule has 2 rings (SSSR count). The average molecular weight is 308 g/mol. The van der Waals surface area contributed by atoms with Gasteiger partial charge < -0.3 is 4.74 Å². The minimum Gasteiger partial charge on any atom is -0.460 e. The van der Waals surface area contributed by atoms with Gasteiger partial charge in [0.15, 0.2) is 5.12 Å². The van der Waals surface area contributed by atoms with Gasteiger partial charge in [0.25, 0.3) is 10.1 Å². The van der Waals surface area contributed by atoms with Crippen LogP contribution in [0.25, 0.3) is 0 Å². The highest BCUT2D eigenvalue weighted by Gasteiger charge is 2.44. The summed E-state index contributed by atoms with van der Waals surface area (Å²) in [7, 11) is -4.65. The van der Waals surface area contributed by atoms with Crippen LogP contribution in [-0.2, 0) is 24.4 Å². The fourth-order valence-electron chi connectivity index (χ4n) is 2.92. The molecule has 4 unspecified atom stereocenters. The van der Waals surface area contributed by atoms with E-state index in [1.54, 1.807) is 0 Å². The number of fused-ring (bicyclic) bond motifs is 2. The highest BCUT2D eigenvalue weighted by atomic mass is 32.3. The molecule has 0 aromatic heterocycles. The number of rotatable bonds is 4. The second-order valence-electron chi connectivity index (χ2n) is 5.11. The van der Waals surface area contributed by atoms with Crippen LogP contribution in [0, 0.1) is 11.8 Å². The monoisotopic (exact) mass is 308 g/mol. The summed E-state index contributed by atoms with van der Waals surface area (Å²) >= 11 is 0.267. The Morgan fingerprint density at radius 2 is 2.00 bits per heavy atom. The second-order valence-corrected chi connectivity index (χ2v) is 8.19. The molecule has 0 aliphatic heterocycles. The zero-order valence-corrected chi connectivity index (χ0v) is 12.1. The summed E-state index contributed by atoms with van der Waals surface area (Å²) in [6.45, 7) is 1.13. The molecule has 2 bridgehead atoms. The van der Waals surface area contributed by atoms with Crippen LogP contribution in [-0.4, -0.2) is 34.7 Å². The van der Waals surface area contributed by atoms with Crippen molar-refractivity contribution in [2.75, 3.05) is 0 Å². The SMILES string of the molecule is CC(=O)SC(C(=O)OC1CC2CCC1C2)S(=O)(=O)O. The summed E-state index contributed by atoms with van der Waals surface area (Å²) in [6, 6.07) is 0. The summed E-state index contributed by atoms with van der Waals surface area (Å²) < 4.78 is 34.6. The number of carbonyl (C=O) groups is 2. The van der Waals surface area contributed by atoms with E-state index in [0.29, 0.717) is 11.8 Å². The summed E-state index contributed by atoms with van der Waals surface area (Å²) in [5.41, 5.74) is 0. The van der Waals surface area contributed by atoms with Gasteiger partial charge in [-0.25, -0.2) is 4.79 Å². The number of esters is 1. The van der Waals surface area contributed by atoms with E-state index >= 15 is 0 Å². The molecule has 2 saturated carbocycles. The Morgan fingerprint density at radius 3 is 2.42 bits per heavy atom. The molecule has 2 aliphatic carbocycles. The third-order valence-corrected chi connectivity index (χ3v) is 6.17. The second kappa shape index (κ2) is 5.41. The Balaban J connectivity index is 2.02. The summed E-state index contributed by atoms with van der Waals surface area (Å²) in [6.07, 6.45) is 3.60. The van der Waals surface area contributed by atoms with Crippen LogP contribution in [0.2, 0.25) is 0 Å². The molecule has 0 spiro atoms. The van der Waals surface area contributed by atoms with Crippen molar-refractivity contribution in [3.05, 3.63) is 0 Å². The minimum absolute atomic E-state index is 0.267. The molecule has 0 radical (unpaired) electrons. The van der Waals surface area contributed by atoms with Crippen LogP contribution < -0.4 is 0 Å². The average Bonchev–Trinajstić information content (AvgIpc) is 2.85. The van der Waals surface area contributed by atoms with Gasteiger partial charge in [-0.15, -0.1) is 0 Å². The lowest BCUT2D eigenvalue weighted by Crippen LogP contribution is -2.34. The molecule has 0 amide bonds. The zero-order chi connectivity index (χ0) is 14.2. The van der Waals surface area contributed by atoms with Crippen LogP contribution in [0.15, 0.2) is 0 Å². The van der Waals surface area contributed by atoms with E-state index < -0.39 is 25.8 Å². The highest BCUT2D eigenvalue weighted by Crippen LogP contribution is 2.46. The predicted octanol–water partition coefficient (Wildman–Crippen LogP) is 1.21. The van der Waals surface area contributed by atoms with Gasteiger partial charge in [0, 0.05) is 6.92 Å². The Labute approximate surface area is 116 Å². The molecule has 0 saturated heterocycles. The largest absolute Gasteiger partial charge is 0.460 e. The molecule has 8 heteroatoms. The van der Waals surface area contributed by atoms with Gasteiger partial charge in [-0.2, -0.15) is 8.42 Å². The summed E-state index contributed by atoms with van der Waals surface area (Å²) in [4.78, 5) is 22.8. The van der Waals surface area contributed by atoms with Crippen molar-refractivity contribution in [1.82, 2.24) is 0 Å². The molecule has 0 aromatic rings. The minimum atomic E-state index is -4.65. The maximum atomic E-state index is 11.8. The van der Waals surface area contributed by atoms with Crippen LogP contribution >= 0.6 is 11.8 Å². The van der Waals surface area contributed by atoms with Crippen molar-refractivity contribution in [3.63, 3.8) is 0 Å². The van der Waals surface area contributed by atoms with E-state index in [1.807, 2.05) is 0 Å². The van der Waals surface area contributed by atoms with E-state index in [1.165, 1.54) is 0 Å². The molecule has 108 valence electrons. The Bertz CT molecular complexity index is 485. The van der Waals surface area contributed by atoms with Gasteiger partial charge in [0.05, 0.1) is 0 Å². The molecular formula is C11H16O6S2. The van der Waals surface area contributed by atoms with Crippen molar-refractivity contribution < 1.29 is 27.3 Å². The first kappa shape index (κ1) is 14.8. The molecule has 0 aromatic carbocycles. The molecule has 4 atom stereocenters. The first-order valence-corrected chi connectivity index (χ1v) is 8.49. The third-order valence-electron chi connectivity index (χ3n) is 3.68. The number of hydrogen-bond donors (Lipinski definition) is 1. The standard InChI is InChI=1S/C11H16O6S2/c1-6(12)18-11(19(14,15)16)10(13)17-9-5-7-2-3-8(9)4-7/h7-9,11H,2-5H2,1H3,(H,14,15,16). The maximum Gasteiger partial charge on any atom is 0.338 e. The van der Waals surface area contributed by atoms with Crippen LogP contribution in [0.3, 0.4) is 0 Å². The van der Waals surface area contributed by atoms with Crippen LogP contribution in [0.1, 0.15) is 32.6 Å². The highest BCUT2D eigenvalue weighted by molar-refractivity contribution is 8.22. The first-order chi connectivity index (χ1) is 8.77. The number of hydrogen-bond acceptors (Lipinski definition) is 6. The number of ether oxygens (including phenoxy) is 1. The van der Waals surface area contributed by atoms with Crippen molar-refractivity contribution in [2.45, 2.75) is 43.3 Å². The summed E-state index contributed by atoms with van der Waals surface area (Å²) in [5.74, 6) is -0.203. The summed E-state index contributed by atoms with van der Waals surface area (Å²) in [5, 5.41) is -0.562. The van der Waals surface area contributed by atoms with Gasteiger partial charge >= 0.3 is 5.97 Å². The van der Waals surface area contributed by atoms with Crippen molar-refractivity contribution in [2.24, 2.45) is 11.8 Å². The third kappa shape index (κ3) is 3.49. The van der Waals surface area contributed by atoms with E-state index in [4.69, 9.17) is 9.29 Å². The van der Waals surface area contributed by atoms with E-state index in [2.05, 4.69) is 0 Å². The molecule has 0 heterocycles. The predicted molar refractivity (Wildman–Crippen MR) is 68.9 cm³/mol. The smallest absolute Gasteiger partial charge is 0.338 e. The molecule has 2 fully saturated rings. The van der Waals surface area contributed by atoms with Crippen molar-refractivity contribution >= 4 is 33.0 Å². The first-order valence-electron chi connectivity index (χ1n) is 6.11. The lowest BCUT2D eigenvalue weighted by molar-refractivity contribution is -0.149.